The number of fused-ring (bicyclic) bond motifs is 1. The summed E-state index contributed by atoms with van der Waals surface area (Å²) in [6.07, 6.45) is 0. The second-order valence-corrected chi connectivity index (χ2v) is 5.09. The molecule has 6 heteroatoms. The predicted molar refractivity (Wildman–Crippen MR) is 83.4 cm³/mol. The summed E-state index contributed by atoms with van der Waals surface area (Å²) in [4.78, 5) is 5.47. The minimum Gasteiger partial charge on any atom is -0.493 e. The van der Waals surface area contributed by atoms with Crippen molar-refractivity contribution in [3.05, 3.63) is 16.9 Å². The summed E-state index contributed by atoms with van der Waals surface area (Å²) in [7, 11) is 5.37. The van der Waals surface area contributed by atoms with Gasteiger partial charge in [0.05, 0.1) is 25.3 Å². The van der Waals surface area contributed by atoms with Crippen molar-refractivity contribution >= 4 is 23.3 Å². The molecule has 0 aliphatic heterocycles. The van der Waals surface area contributed by atoms with E-state index in [0.29, 0.717) is 11.5 Å². The molecule has 110 valence electrons. The predicted octanol–water partition coefficient (Wildman–Crippen LogP) is 2.67. The summed E-state index contributed by atoms with van der Waals surface area (Å²) in [5.74, 6) is 1.42. The Bertz CT molecular complexity index is 648. The highest BCUT2D eigenvalue weighted by molar-refractivity contribution is 7.71. The molecule has 1 aromatic carbocycles. The minimum absolute atomic E-state index is 0.703. The summed E-state index contributed by atoms with van der Waals surface area (Å²) < 4.78 is 13.5. The first kappa shape index (κ1) is 14.9. The molecule has 0 spiro atoms. The molecule has 0 unspecified atom stereocenters. The second kappa shape index (κ2) is 6.28. The minimum atomic E-state index is 0.703. The van der Waals surface area contributed by atoms with Gasteiger partial charge >= 0.3 is 0 Å². The highest BCUT2D eigenvalue weighted by Crippen LogP contribution is 2.31. The Morgan fingerprint density at radius 2 is 1.90 bits per heavy atom. The van der Waals surface area contributed by atoms with Crippen LogP contribution in [0.4, 0.5) is 0 Å². The molecule has 2 aromatic rings. The standard InChI is InChI=1S/C14H21N3O2S/c1-5-16(2)6-7-17-11-9-13(19-4)12(18-3)8-10(11)15-14(17)20/h8-9H,5-7H2,1-4H3,(H,15,20). The van der Waals surface area contributed by atoms with Gasteiger partial charge in [0.2, 0.25) is 0 Å². The Kier molecular flexibility index (Phi) is 4.67. The molecule has 1 heterocycles. The van der Waals surface area contributed by atoms with Gasteiger partial charge in [0.15, 0.2) is 16.3 Å². The van der Waals surface area contributed by atoms with Crippen LogP contribution in [-0.2, 0) is 6.54 Å². The van der Waals surface area contributed by atoms with Gasteiger partial charge in [-0.05, 0) is 25.8 Å². The highest BCUT2D eigenvalue weighted by atomic mass is 32.1. The maximum atomic E-state index is 5.41. The Balaban J connectivity index is 2.44. The molecule has 0 aliphatic rings. The zero-order valence-corrected chi connectivity index (χ0v) is 13.2. The maximum absolute atomic E-state index is 5.41. The van der Waals surface area contributed by atoms with Gasteiger partial charge in [-0.25, -0.2) is 0 Å². The Morgan fingerprint density at radius 3 is 2.50 bits per heavy atom. The number of hydrogen-bond acceptors (Lipinski definition) is 4. The number of likely N-dealkylation sites (N-methyl/N-ethyl adjacent to an activating group) is 1. The molecule has 0 bridgehead atoms. The van der Waals surface area contributed by atoms with Gasteiger partial charge in [0, 0.05) is 25.2 Å². The number of benzene rings is 1. The lowest BCUT2D eigenvalue weighted by Crippen LogP contribution is -2.22. The van der Waals surface area contributed by atoms with Gasteiger partial charge in [0.25, 0.3) is 0 Å². The molecule has 0 saturated heterocycles. The normalized spacial score (nSPS) is 11.2. The van der Waals surface area contributed by atoms with Crippen molar-refractivity contribution in [2.24, 2.45) is 0 Å². The van der Waals surface area contributed by atoms with Crippen molar-refractivity contribution in [1.82, 2.24) is 14.5 Å². The third-order valence-electron chi connectivity index (χ3n) is 3.52. The fraction of sp³-hybridized carbons (Fsp3) is 0.500. The molecule has 0 fully saturated rings. The molecule has 0 aliphatic carbocycles. The lowest BCUT2D eigenvalue weighted by molar-refractivity contribution is 0.336. The number of nitrogens with one attached hydrogen (secondary N) is 1. The number of aromatic amines is 1. The SMILES string of the molecule is CCN(C)CCn1c(=S)[nH]c2cc(OC)c(OC)cc21. The number of hydrogen-bond donors (Lipinski definition) is 1. The van der Waals surface area contributed by atoms with E-state index in [2.05, 4.69) is 28.4 Å². The first-order valence-electron chi connectivity index (χ1n) is 6.63. The average Bonchev–Trinajstić information content (AvgIpc) is 2.77. The number of methoxy groups -OCH3 is 2. The van der Waals surface area contributed by atoms with Crippen molar-refractivity contribution in [3.8, 4) is 11.5 Å². The average molecular weight is 295 g/mol. The highest BCUT2D eigenvalue weighted by Gasteiger charge is 2.11. The van der Waals surface area contributed by atoms with E-state index in [0.717, 1.165) is 35.4 Å². The number of H-pyrrole nitrogens is 1. The van der Waals surface area contributed by atoms with E-state index >= 15 is 0 Å². The molecule has 0 radical (unpaired) electrons. The van der Waals surface area contributed by atoms with Crippen molar-refractivity contribution < 1.29 is 9.47 Å². The van der Waals surface area contributed by atoms with Crippen molar-refractivity contribution in [3.63, 3.8) is 0 Å². The molecule has 1 N–H and O–H groups in total. The van der Waals surface area contributed by atoms with Gasteiger partial charge in [-0.15, -0.1) is 0 Å². The van der Waals surface area contributed by atoms with Crippen molar-refractivity contribution in [1.29, 1.82) is 0 Å². The van der Waals surface area contributed by atoms with Crippen LogP contribution in [0, 0.1) is 4.77 Å². The Hall–Kier alpha value is -1.53. The zero-order valence-electron chi connectivity index (χ0n) is 12.4. The van der Waals surface area contributed by atoms with E-state index in [1.165, 1.54) is 0 Å². The van der Waals surface area contributed by atoms with Crippen LogP contribution >= 0.6 is 12.2 Å². The summed E-state index contributed by atoms with van der Waals surface area (Å²) in [6, 6.07) is 3.89. The molecule has 20 heavy (non-hydrogen) atoms. The molecule has 5 nitrogen and oxygen atoms in total. The number of imidazole rings is 1. The van der Waals surface area contributed by atoms with Crippen LogP contribution in [0.1, 0.15) is 6.92 Å². The van der Waals surface area contributed by atoms with Crippen molar-refractivity contribution in [2.75, 3.05) is 34.4 Å². The van der Waals surface area contributed by atoms with Gasteiger partial charge in [-0.2, -0.15) is 0 Å². The fourth-order valence-electron chi connectivity index (χ4n) is 2.13. The monoisotopic (exact) mass is 295 g/mol. The Labute approximate surface area is 124 Å². The lowest BCUT2D eigenvalue weighted by Gasteiger charge is -2.14. The Morgan fingerprint density at radius 1 is 1.25 bits per heavy atom. The largest absolute Gasteiger partial charge is 0.493 e. The molecule has 1 aromatic heterocycles. The van der Waals surface area contributed by atoms with Crippen LogP contribution < -0.4 is 9.47 Å². The van der Waals surface area contributed by atoms with Gasteiger partial charge in [-0.1, -0.05) is 6.92 Å². The molecular weight excluding hydrogens is 274 g/mol. The van der Waals surface area contributed by atoms with Crippen molar-refractivity contribution in [2.45, 2.75) is 13.5 Å². The van der Waals surface area contributed by atoms with Gasteiger partial charge in [0.1, 0.15) is 0 Å². The van der Waals surface area contributed by atoms with E-state index < -0.39 is 0 Å². The van der Waals surface area contributed by atoms with E-state index in [9.17, 15) is 0 Å². The van der Waals surface area contributed by atoms with Crippen LogP contribution in [0.2, 0.25) is 0 Å². The summed E-state index contributed by atoms with van der Waals surface area (Å²) in [5, 5.41) is 0. The smallest absolute Gasteiger partial charge is 0.178 e. The third-order valence-corrected chi connectivity index (χ3v) is 3.85. The number of nitrogens with zero attached hydrogens (tertiary/aromatic N) is 2. The second-order valence-electron chi connectivity index (χ2n) is 4.70. The van der Waals surface area contributed by atoms with E-state index in [4.69, 9.17) is 21.7 Å². The quantitative estimate of drug-likeness (QED) is 0.832. The van der Waals surface area contributed by atoms with Gasteiger partial charge in [-0.3, -0.25) is 0 Å². The summed E-state index contributed by atoms with van der Waals surface area (Å²) in [5.41, 5.74) is 2.00. The van der Waals surface area contributed by atoms with Crippen LogP contribution in [-0.4, -0.2) is 48.8 Å². The molecule has 0 atom stereocenters. The number of rotatable bonds is 6. The third kappa shape index (κ3) is 2.81. The molecule has 0 saturated carbocycles. The zero-order chi connectivity index (χ0) is 14.7. The van der Waals surface area contributed by atoms with E-state index in [1.807, 2.05) is 12.1 Å². The molecule has 2 rings (SSSR count). The van der Waals surface area contributed by atoms with Crippen LogP contribution in [0.15, 0.2) is 12.1 Å². The van der Waals surface area contributed by atoms with Gasteiger partial charge < -0.3 is 23.9 Å². The molecular formula is C14H21N3O2S. The van der Waals surface area contributed by atoms with Crippen LogP contribution in [0.25, 0.3) is 11.0 Å². The topological polar surface area (TPSA) is 42.4 Å². The lowest BCUT2D eigenvalue weighted by atomic mass is 10.2. The van der Waals surface area contributed by atoms with E-state index in [1.54, 1.807) is 14.2 Å². The van der Waals surface area contributed by atoms with Crippen LogP contribution in [0.3, 0.4) is 0 Å². The number of aromatic nitrogens is 2. The fourth-order valence-corrected chi connectivity index (χ4v) is 2.43. The number of ether oxygens (including phenoxy) is 2. The first-order valence-corrected chi connectivity index (χ1v) is 7.04. The summed E-state index contributed by atoms with van der Waals surface area (Å²) >= 11 is 5.41. The van der Waals surface area contributed by atoms with E-state index in [-0.39, 0.29) is 0 Å². The maximum Gasteiger partial charge on any atom is 0.178 e. The first-order chi connectivity index (χ1) is 9.60. The van der Waals surface area contributed by atoms with Crippen LogP contribution in [0.5, 0.6) is 11.5 Å². The molecule has 0 amide bonds. The summed E-state index contributed by atoms with van der Waals surface area (Å²) in [6.45, 7) is 4.96.